The van der Waals surface area contributed by atoms with Crippen molar-refractivity contribution in [2.45, 2.75) is 13.8 Å². The number of hydrogen-bond donors (Lipinski definition) is 0. The largest absolute Gasteiger partial charge is 0.310 e. The zero-order chi connectivity index (χ0) is 39.7. The Morgan fingerprint density at radius 3 is 0.712 bits per heavy atom. The molecule has 0 heterocycles. The lowest BCUT2D eigenvalue weighted by Gasteiger charge is -2.30. The van der Waals surface area contributed by atoms with Crippen molar-refractivity contribution < 1.29 is 0 Å². The lowest BCUT2D eigenvalue weighted by Crippen LogP contribution is -2.13. The van der Waals surface area contributed by atoms with E-state index < -0.39 is 0 Å². The Morgan fingerprint density at radius 2 is 0.441 bits per heavy atom. The number of rotatable bonds is 9. The van der Waals surface area contributed by atoms with Crippen LogP contribution in [-0.4, -0.2) is 0 Å². The van der Waals surface area contributed by atoms with Crippen LogP contribution in [0.2, 0.25) is 0 Å². The molecule has 0 saturated heterocycles. The predicted molar refractivity (Wildman–Crippen MR) is 252 cm³/mol. The number of nitrogens with zero attached hydrogens (tertiary/aromatic N) is 3. The molecule has 10 aromatic carbocycles. The molecular formula is C56H43N3. The highest BCUT2D eigenvalue weighted by Crippen LogP contribution is 2.45. The van der Waals surface area contributed by atoms with Crippen molar-refractivity contribution in [1.82, 2.24) is 0 Å². The molecule has 10 aromatic rings. The van der Waals surface area contributed by atoms with Crippen LogP contribution in [0.4, 0.5) is 51.2 Å². The Morgan fingerprint density at radius 1 is 0.220 bits per heavy atom. The van der Waals surface area contributed by atoms with Crippen molar-refractivity contribution in [3.8, 4) is 0 Å². The molecular weight excluding hydrogens is 715 g/mol. The van der Waals surface area contributed by atoms with E-state index in [1.807, 2.05) is 0 Å². The SMILES string of the molecule is Cc1ccc(N(c2ccc(N(c3ccc(N(c4ccc(C)cc4)c4cccc5ccccc45)cc3)c3cccc4ccccc34)cc2)c2cccc3ccccc23)cc1. The molecule has 3 heteroatoms. The molecule has 0 aliphatic heterocycles. The average molecular weight is 758 g/mol. The summed E-state index contributed by atoms with van der Waals surface area (Å²) in [5.74, 6) is 0. The van der Waals surface area contributed by atoms with Gasteiger partial charge in [-0.1, -0.05) is 145 Å². The standard InChI is InChI=1S/C56H43N3/c1-40-24-28-45(29-25-40)57(54-21-9-15-42-12-3-6-18-51(42)54)47-32-36-49(37-33-47)59(56-23-11-17-44-14-5-8-20-53(44)56)50-38-34-48(35-39-50)58(46-30-26-41(2)27-31-46)55-22-10-16-43-13-4-7-19-52(43)55/h3-39H,1-2H3. The van der Waals surface area contributed by atoms with Gasteiger partial charge in [0.1, 0.15) is 0 Å². The van der Waals surface area contributed by atoms with E-state index in [1.165, 1.54) is 43.4 Å². The first-order chi connectivity index (χ1) is 29.1. The smallest absolute Gasteiger partial charge is 0.0540 e. The molecule has 0 aliphatic rings. The van der Waals surface area contributed by atoms with Gasteiger partial charge in [-0.2, -0.15) is 0 Å². The molecule has 0 radical (unpaired) electrons. The first-order valence-electron chi connectivity index (χ1n) is 20.3. The van der Waals surface area contributed by atoms with Crippen LogP contribution in [0.1, 0.15) is 11.1 Å². The molecule has 282 valence electrons. The van der Waals surface area contributed by atoms with Gasteiger partial charge >= 0.3 is 0 Å². The Balaban J connectivity index is 1.10. The fourth-order valence-electron chi connectivity index (χ4n) is 8.38. The maximum absolute atomic E-state index is 2.39. The van der Waals surface area contributed by atoms with Gasteiger partial charge in [0.15, 0.2) is 0 Å². The molecule has 0 spiro atoms. The maximum Gasteiger partial charge on any atom is 0.0540 e. The zero-order valence-electron chi connectivity index (χ0n) is 33.2. The van der Waals surface area contributed by atoms with Crippen LogP contribution in [0.3, 0.4) is 0 Å². The van der Waals surface area contributed by atoms with Gasteiger partial charge in [-0.3, -0.25) is 0 Å². The van der Waals surface area contributed by atoms with Crippen molar-refractivity contribution in [2.75, 3.05) is 14.7 Å². The molecule has 0 bridgehead atoms. The van der Waals surface area contributed by atoms with E-state index in [2.05, 4.69) is 253 Å². The second-order valence-electron chi connectivity index (χ2n) is 15.2. The number of aryl methyl sites for hydroxylation is 2. The molecule has 0 N–H and O–H groups in total. The van der Waals surface area contributed by atoms with E-state index in [0.717, 1.165) is 51.2 Å². The second kappa shape index (κ2) is 15.4. The summed E-state index contributed by atoms with van der Waals surface area (Å²) in [4.78, 5) is 7.13. The fourth-order valence-corrected chi connectivity index (χ4v) is 8.38. The van der Waals surface area contributed by atoms with E-state index in [1.54, 1.807) is 0 Å². The Kier molecular flexibility index (Phi) is 9.32. The highest BCUT2D eigenvalue weighted by molar-refractivity contribution is 6.02. The van der Waals surface area contributed by atoms with Gasteiger partial charge < -0.3 is 14.7 Å². The lowest BCUT2D eigenvalue weighted by atomic mass is 10.0. The van der Waals surface area contributed by atoms with Crippen LogP contribution < -0.4 is 14.7 Å². The summed E-state index contributed by atoms with van der Waals surface area (Å²) in [6, 6.07) is 81.3. The van der Waals surface area contributed by atoms with Gasteiger partial charge in [-0.05, 0) is 121 Å². The van der Waals surface area contributed by atoms with Crippen molar-refractivity contribution >= 4 is 83.5 Å². The van der Waals surface area contributed by atoms with Crippen LogP contribution in [0.25, 0.3) is 32.3 Å². The third kappa shape index (κ3) is 6.83. The third-order valence-electron chi connectivity index (χ3n) is 11.3. The van der Waals surface area contributed by atoms with Gasteiger partial charge in [-0.15, -0.1) is 0 Å². The minimum absolute atomic E-state index is 1.07. The molecule has 59 heavy (non-hydrogen) atoms. The summed E-state index contributed by atoms with van der Waals surface area (Å²) in [6.07, 6.45) is 0. The van der Waals surface area contributed by atoms with Gasteiger partial charge in [0.2, 0.25) is 0 Å². The predicted octanol–water partition coefficient (Wildman–Crippen LogP) is 16.2. The molecule has 3 nitrogen and oxygen atoms in total. The molecule has 0 aromatic heterocycles. The summed E-state index contributed by atoms with van der Waals surface area (Å²) >= 11 is 0. The van der Waals surface area contributed by atoms with E-state index >= 15 is 0 Å². The summed E-state index contributed by atoms with van der Waals surface area (Å²) < 4.78 is 0. The fraction of sp³-hybridized carbons (Fsp3) is 0.0357. The molecule has 0 fully saturated rings. The van der Waals surface area contributed by atoms with Gasteiger partial charge in [0.05, 0.1) is 17.1 Å². The molecule has 0 amide bonds. The minimum atomic E-state index is 1.07. The summed E-state index contributed by atoms with van der Waals surface area (Å²) in [7, 11) is 0. The number of anilines is 9. The summed E-state index contributed by atoms with van der Waals surface area (Å²) in [5.41, 5.74) is 12.4. The third-order valence-corrected chi connectivity index (χ3v) is 11.3. The van der Waals surface area contributed by atoms with Crippen LogP contribution in [0.15, 0.2) is 224 Å². The van der Waals surface area contributed by atoms with E-state index in [4.69, 9.17) is 0 Å². The van der Waals surface area contributed by atoms with Crippen molar-refractivity contribution in [1.29, 1.82) is 0 Å². The van der Waals surface area contributed by atoms with E-state index in [9.17, 15) is 0 Å². The molecule has 10 rings (SSSR count). The van der Waals surface area contributed by atoms with Crippen molar-refractivity contribution in [3.63, 3.8) is 0 Å². The first-order valence-corrected chi connectivity index (χ1v) is 20.3. The molecule has 0 unspecified atom stereocenters. The topological polar surface area (TPSA) is 9.72 Å². The maximum atomic E-state index is 2.39. The second-order valence-corrected chi connectivity index (χ2v) is 15.2. The first kappa shape index (κ1) is 35.8. The number of hydrogen-bond acceptors (Lipinski definition) is 3. The normalized spacial score (nSPS) is 11.2. The average Bonchev–Trinajstić information content (AvgIpc) is 3.29. The minimum Gasteiger partial charge on any atom is -0.310 e. The molecule has 0 atom stereocenters. The summed E-state index contributed by atoms with van der Waals surface area (Å²) in [6.45, 7) is 4.28. The molecule has 0 saturated carbocycles. The number of fused-ring (bicyclic) bond motifs is 3. The Bertz CT molecular complexity index is 2870. The Labute approximate surface area is 346 Å². The quantitative estimate of drug-likeness (QED) is 0.145. The van der Waals surface area contributed by atoms with Crippen LogP contribution in [-0.2, 0) is 0 Å². The van der Waals surface area contributed by atoms with Crippen LogP contribution >= 0.6 is 0 Å². The van der Waals surface area contributed by atoms with Crippen molar-refractivity contribution in [2.24, 2.45) is 0 Å². The van der Waals surface area contributed by atoms with Crippen molar-refractivity contribution in [3.05, 3.63) is 236 Å². The zero-order valence-corrected chi connectivity index (χ0v) is 33.2. The van der Waals surface area contributed by atoms with Gasteiger partial charge in [-0.25, -0.2) is 0 Å². The van der Waals surface area contributed by atoms with Crippen LogP contribution in [0, 0.1) is 13.8 Å². The van der Waals surface area contributed by atoms with Gasteiger partial charge in [0.25, 0.3) is 0 Å². The van der Waals surface area contributed by atoms with E-state index in [0.29, 0.717) is 0 Å². The highest BCUT2D eigenvalue weighted by Gasteiger charge is 2.21. The Hall–Kier alpha value is -7.62. The monoisotopic (exact) mass is 757 g/mol. The van der Waals surface area contributed by atoms with Gasteiger partial charge in [0, 0.05) is 50.3 Å². The number of benzene rings is 10. The highest BCUT2D eigenvalue weighted by atomic mass is 15.2. The lowest BCUT2D eigenvalue weighted by molar-refractivity contribution is 1.25. The van der Waals surface area contributed by atoms with Crippen LogP contribution in [0.5, 0.6) is 0 Å². The summed E-state index contributed by atoms with van der Waals surface area (Å²) in [5, 5.41) is 7.24. The molecule has 0 aliphatic carbocycles. The van der Waals surface area contributed by atoms with E-state index in [-0.39, 0.29) is 0 Å².